The molecule has 0 fully saturated rings. The lowest BCUT2D eigenvalue weighted by Crippen LogP contribution is -2.23. The minimum absolute atomic E-state index is 0.0983. The third-order valence-electron chi connectivity index (χ3n) is 2.84. The van der Waals surface area contributed by atoms with Crippen LogP contribution < -0.4 is 5.73 Å². The number of guanidine groups is 1. The Labute approximate surface area is 147 Å². The molecule has 1 aromatic rings. The monoisotopic (exact) mass is 380 g/mol. The third kappa shape index (κ3) is 6.87. The molecule has 0 radical (unpaired) electrons. The number of rotatable bonds is 6. The Bertz CT molecular complexity index is 612. The Hall–Kier alpha value is -1.15. The van der Waals surface area contributed by atoms with Crippen LogP contribution in [0.5, 0.6) is 0 Å². The van der Waals surface area contributed by atoms with Gasteiger partial charge in [0.2, 0.25) is 0 Å². The maximum atomic E-state index is 10.8. The van der Waals surface area contributed by atoms with Gasteiger partial charge in [-0.1, -0.05) is 45.4 Å². The fourth-order valence-corrected chi connectivity index (χ4v) is 3.88. The largest absolute Gasteiger partial charge is 0.390 e. The fraction of sp³-hybridized carbons (Fsp3) is 0.429. The van der Waals surface area contributed by atoms with E-state index in [9.17, 15) is 4.55 Å². The van der Waals surface area contributed by atoms with Crippen molar-refractivity contribution in [3.8, 4) is 0 Å². The summed E-state index contributed by atoms with van der Waals surface area (Å²) in [5.74, 6) is -0.0983. The molecule has 3 N–H and O–H groups in total. The highest BCUT2D eigenvalue weighted by molar-refractivity contribution is 7.99. The number of hydrogen-bond acceptors (Lipinski definition) is 3. The summed E-state index contributed by atoms with van der Waals surface area (Å²) in [6.45, 7) is 3.63. The van der Waals surface area contributed by atoms with E-state index in [1.165, 1.54) is 5.54 Å². The molecule has 0 spiro atoms. The maximum absolute atomic E-state index is 10.8. The van der Waals surface area contributed by atoms with Crippen LogP contribution in [0.3, 0.4) is 0 Å². The number of pyridine rings is 1. The average Bonchev–Trinajstić information content (AvgIpc) is 2.46. The Balaban J connectivity index is 3.17. The van der Waals surface area contributed by atoms with Gasteiger partial charge in [0.05, 0.1) is 0 Å². The first-order valence-corrected chi connectivity index (χ1v) is 9.97. The summed E-state index contributed by atoms with van der Waals surface area (Å²) >= 11 is 11.4. The van der Waals surface area contributed by atoms with Gasteiger partial charge in [-0.25, -0.2) is 4.98 Å². The lowest BCUT2D eigenvalue weighted by atomic mass is 10.1. The van der Waals surface area contributed by atoms with Crippen molar-refractivity contribution in [3.05, 3.63) is 40.7 Å². The van der Waals surface area contributed by atoms with E-state index in [-0.39, 0.29) is 17.3 Å². The molecule has 1 unspecified atom stereocenters. The predicted molar refractivity (Wildman–Crippen MR) is 99.2 cm³/mol. The second-order valence-electron chi connectivity index (χ2n) is 5.21. The van der Waals surface area contributed by atoms with E-state index in [1.54, 1.807) is 30.7 Å². The molecule has 0 saturated carbocycles. The molecule has 9 heteroatoms. The number of hydrogen-bond donors (Lipinski definition) is 3. The van der Waals surface area contributed by atoms with Crippen molar-refractivity contribution < 1.29 is 9.39 Å². The van der Waals surface area contributed by atoms with Crippen LogP contribution in [0.4, 0.5) is 0 Å². The van der Waals surface area contributed by atoms with Crippen LogP contribution in [0.1, 0.15) is 31.1 Å². The normalized spacial score (nSPS) is 15.0. The van der Waals surface area contributed by atoms with Gasteiger partial charge in [-0.15, -0.1) is 0 Å². The quantitative estimate of drug-likeness (QED) is 0.230. The molecule has 0 bridgehead atoms. The molecule has 0 aliphatic heterocycles. The van der Waals surface area contributed by atoms with Gasteiger partial charge in [0.25, 0.3) is 5.96 Å². The number of thiol groups is 1. The van der Waals surface area contributed by atoms with Gasteiger partial charge < -0.3 is 15.1 Å². The summed E-state index contributed by atoms with van der Waals surface area (Å²) in [6, 6.07) is 3.46. The molecule has 1 rings (SSSR count). The van der Waals surface area contributed by atoms with E-state index in [2.05, 4.69) is 14.5 Å². The molecule has 0 saturated heterocycles. The number of halogens is 2. The fourth-order valence-electron chi connectivity index (χ4n) is 1.84. The van der Waals surface area contributed by atoms with Crippen molar-refractivity contribution in [2.45, 2.75) is 31.6 Å². The van der Waals surface area contributed by atoms with Crippen molar-refractivity contribution >= 4 is 39.3 Å². The van der Waals surface area contributed by atoms with Crippen molar-refractivity contribution in [2.24, 2.45) is 15.3 Å². The maximum Gasteiger partial charge on any atom is 0.263 e. The van der Waals surface area contributed by atoms with Gasteiger partial charge in [0.1, 0.15) is 11.3 Å². The molecular weight excluding hydrogens is 359 g/mol. The summed E-state index contributed by atoms with van der Waals surface area (Å²) in [6.07, 6.45) is 5.35. The lowest BCUT2D eigenvalue weighted by molar-refractivity contribution is 0.0854. The number of oxime groups is 1. The molecule has 6 nitrogen and oxygen atoms in total. The predicted octanol–water partition coefficient (Wildman–Crippen LogP) is 3.75. The van der Waals surface area contributed by atoms with E-state index in [1.807, 2.05) is 13.8 Å². The van der Waals surface area contributed by atoms with Crippen molar-refractivity contribution in [1.82, 2.24) is 4.98 Å². The van der Waals surface area contributed by atoms with Crippen LogP contribution in [0.2, 0.25) is 5.15 Å². The number of nitrogens with zero attached hydrogens (tertiary/aromatic N) is 3. The summed E-state index contributed by atoms with van der Waals surface area (Å²) in [7, 11) is -2.84. The van der Waals surface area contributed by atoms with Crippen molar-refractivity contribution in [2.75, 3.05) is 6.26 Å². The summed E-state index contributed by atoms with van der Waals surface area (Å²) in [5.41, 5.74) is 7.92. The minimum Gasteiger partial charge on any atom is -0.390 e. The standard InChI is InChI=1S/C14H22Cl2N4O2S/c1-10(2)22-19-14(17)20-23(3,21)12(5-4-8-15)11-6-7-13(16)18-9-11/h4,6-10,12,23H,5H2,1-3H3,(H3,17,19,20,21)/b8-4+. The van der Waals surface area contributed by atoms with E-state index < -0.39 is 10.1 Å². The zero-order valence-corrected chi connectivity index (χ0v) is 15.6. The third-order valence-corrected chi connectivity index (χ3v) is 5.54. The number of nitrogens with two attached hydrogens (primary N) is 1. The number of allylic oxidation sites excluding steroid dienone is 1. The van der Waals surface area contributed by atoms with Crippen LogP contribution in [0, 0.1) is 0 Å². The van der Waals surface area contributed by atoms with Gasteiger partial charge in [-0.3, -0.25) is 0 Å². The van der Waals surface area contributed by atoms with Crippen molar-refractivity contribution in [3.63, 3.8) is 0 Å². The van der Waals surface area contributed by atoms with Crippen LogP contribution in [0.15, 0.2) is 39.5 Å². The first-order chi connectivity index (χ1) is 10.8. The van der Waals surface area contributed by atoms with Gasteiger partial charge in [0.15, 0.2) is 0 Å². The summed E-state index contributed by atoms with van der Waals surface area (Å²) in [4.78, 5) is 9.09. The minimum atomic E-state index is -2.84. The van der Waals surface area contributed by atoms with Crippen LogP contribution in [0.25, 0.3) is 0 Å². The highest BCUT2D eigenvalue weighted by Gasteiger charge is 2.21. The molecule has 0 amide bonds. The highest BCUT2D eigenvalue weighted by atomic mass is 35.5. The Morgan fingerprint density at radius 1 is 1.52 bits per heavy atom. The lowest BCUT2D eigenvalue weighted by Gasteiger charge is -2.28. The molecule has 1 heterocycles. The van der Waals surface area contributed by atoms with Gasteiger partial charge in [0, 0.05) is 17.0 Å². The Kier molecular flexibility index (Phi) is 7.98. The van der Waals surface area contributed by atoms with E-state index in [0.717, 1.165) is 5.56 Å². The molecule has 0 aliphatic rings. The van der Waals surface area contributed by atoms with Crippen LogP contribution in [-0.4, -0.2) is 27.9 Å². The van der Waals surface area contributed by atoms with Crippen molar-refractivity contribution in [1.29, 1.82) is 0 Å². The molecule has 0 aliphatic carbocycles. The van der Waals surface area contributed by atoms with E-state index in [4.69, 9.17) is 33.8 Å². The average molecular weight is 381 g/mol. The summed E-state index contributed by atoms with van der Waals surface area (Å²) < 4.78 is 15.0. The Morgan fingerprint density at radius 3 is 2.74 bits per heavy atom. The topological polar surface area (TPSA) is 93.1 Å². The molecule has 1 atom stereocenters. The zero-order chi connectivity index (χ0) is 17.5. The van der Waals surface area contributed by atoms with Crippen LogP contribution >= 0.6 is 23.2 Å². The van der Waals surface area contributed by atoms with Gasteiger partial charge >= 0.3 is 0 Å². The number of aromatic nitrogens is 1. The van der Waals surface area contributed by atoms with Gasteiger partial charge in [-0.2, -0.15) is 4.36 Å². The molecule has 23 heavy (non-hydrogen) atoms. The highest BCUT2D eigenvalue weighted by Crippen LogP contribution is 2.31. The SMILES string of the molecule is CC(C)ON=C(N)N=[SH](C)(O)C(C/C=C/Cl)c1ccc(Cl)nc1. The van der Waals surface area contributed by atoms with E-state index in [0.29, 0.717) is 11.6 Å². The Morgan fingerprint density at radius 2 is 2.22 bits per heavy atom. The van der Waals surface area contributed by atoms with Gasteiger partial charge in [-0.05, 0) is 43.3 Å². The second-order valence-corrected chi connectivity index (χ2v) is 8.63. The van der Waals surface area contributed by atoms with Crippen LogP contribution in [-0.2, 0) is 14.9 Å². The first kappa shape index (κ1) is 19.9. The van der Waals surface area contributed by atoms with E-state index >= 15 is 0 Å². The second kappa shape index (κ2) is 9.22. The molecule has 130 valence electrons. The smallest absolute Gasteiger partial charge is 0.263 e. The molecule has 1 aromatic heterocycles. The zero-order valence-electron chi connectivity index (χ0n) is 13.2. The first-order valence-electron chi connectivity index (χ1n) is 6.94. The molecular formula is C14H22Cl2N4O2S. The molecule has 0 aromatic carbocycles. The summed E-state index contributed by atoms with van der Waals surface area (Å²) in [5, 5.41) is 3.75.